The first-order valence-electron chi connectivity index (χ1n) is 9.40. The Labute approximate surface area is 180 Å². The van der Waals surface area contributed by atoms with E-state index in [1.807, 2.05) is 61.5 Å². The summed E-state index contributed by atoms with van der Waals surface area (Å²) in [4.78, 5) is 24.3. The summed E-state index contributed by atoms with van der Waals surface area (Å²) in [5.74, 6) is -0.497. The van der Waals surface area contributed by atoms with Crippen molar-refractivity contribution in [1.82, 2.24) is 0 Å². The maximum Gasteiger partial charge on any atom is 0.310 e. The van der Waals surface area contributed by atoms with Crippen LogP contribution < -0.4 is 10.1 Å². The molecule has 1 N–H and O–H groups in total. The van der Waals surface area contributed by atoms with Gasteiger partial charge in [-0.05, 0) is 35.2 Å². The van der Waals surface area contributed by atoms with Crippen LogP contribution >= 0.6 is 11.6 Å². The highest BCUT2D eigenvalue weighted by Crippen LogP contribution is 2.30. The SMILES string of the molecule is COc1cc(Cl)c(C)cc1NC(=O)COC(=O)Cc1ccc(-c2ccccc2)cc1. The number of carbonyl (C=O) groups is 2. The van der Waals surface area contributed by atoms with Crippen molar-refractivity contribution in [3.8, 4) is 16.9 Å². The maximum atomic E-state index is 12.2. The normalized spacial score (nSPS) is 10.4. The molecule has 0 radical (unpaired) electrons. The van der Waals surface area contributed by atoms with Crippen LogP contribution in [0.1, 0.15) is 11.1 Å². The number of rotatable bonds is 7. The number of benzene rings is 3. The van der Waals surface area contributed by atoms with Gasteiger partial charge in [0, 0.05) is 11.1 Å². The number of halogens is 1. The summed E-state index contributed by atoms with van der Waals surface area (Å²) in [7, 11) is 1.49. The first kappa shape index (κ1) is 21.4. The van der Waals surface area contributed by atoms with Gasteiger partial charge in [-0.15, -0.1) is 0 Å². The number of hydrogen-bond donors (Lipinski definition) is 1. The number of carbonyl (C=O) groups excluding carboxylic acids is 2. The summed E-state index contributed by atoms with van der Waals surface area (Å²) in [5, 5.41) is 3.21. The minimum Gasteiger partial charge on any atom is -0.495 e. The minimum atomic E-state index is -0.475. The number of aryl methyl sites for hydroxylation is 1. The molecule has 0 fully saturated rings. The first-order valence-corrected chi connectivity index (χ1v) is 9.78. The number of ether oxygens (including phenoxy) is 2. The average molecular weight is 424 g/mol. The Morgan fingerprint density at radius 2 is 1.63 bits per heavy atom. The van der Waals surface area contributed by atoms with E-state index in [1.54, 1.807) is 12.1 Å². The molecule has 0 saturated carbocycles. The van der Waals surface area contributed by atoms with E-state index in [1.165, 1.54) is 7.11 Å². The quantitative estimate of drug-likeness (QED) is 0.540. The topological polar surface area (TPSA) is 64.6 Å². The van der Waals surface area contributed by atoms with Crippen molar-refractivity contribution in [3.63, 3.8) is 0 Å². The van der Waals surface area contributed by atoms with Gasteiger partial charge in [-0.3, -0.25) is 9.59 Å². The lowest BCUT2D eigenvalue weighted by atomic mass is 10.0. The van der Waals surface area contributed by atoms with Crippen molar-refractivity contribution in [2.75, 3.05) is 19.0 Å². The van der Waals surface area contributed by atoms with Crippen LogP contribution in [0.25, 0.3) is 11.1 Å². The van der Waals surface area contributed by atoms with Gasteiger partial charge in [-0.25, -0.2) is 0 Å². The Kier molecular flexibility index (Phi) is 7.09. The number of methoxy groups -OCH3 is 1. The van der Waals surface area contributed by atoms with E-state index in [2.05, 4.69) is 5.32 Å². The number of hydrogen-bond acceptors (Lipinski definition) is 4. The predicted octanol–water partition coefficient (Wildman–Crippen LogP) is 5.05. The highest BCUT2D eigenvalue weighted by Gasteiger charge is 2.13. The van der Waals surface area contributed by atoms with Crippen LogP contribution in [-0.4, -0.2) is 25.6 Å². The van der Waals surface area contributed by atoms with Crippen LogP contribution in [0.15, 0.2) is 66.7 Å². The number of anilines is 1. The molecule has 5 nitrogen and oxygen atoms in total. The van der Waals surface area contributed by atoms with Crippen molar-refractivity contribution in [1.29, 1.82) is 0 Å². The largest absolute Gasteiger partial charge is 0.495 e. The molecule has 0 aliphatic rings. The van der Waals surface area contributed by atoms with Gasteiger partial charge >= 0.3 is 5.97 Å². The van der Waals surface area contributed by atoms with Crippen molar-refractivity contribution in [3.05, 3.63) is 82.9 Å². The highest BCUT2D eigenvalue weighted by molar-refractivity contribution is 6.31. The molecule has 1 amide bonds. The molecule has 0 aliphatic carbocycles. The highest BCUT2D eigenvalue weighted by atomic mass is 35.5. The van der Waals surface area contributed by atoms with Crippen molar-refractivity contribution in [2.24, 2.45) is 0 Å². The first-order chi connectivity index (χ1) is 14.5. The Hall–Kier alpha value is -3.31. The van der Waals surface area contributed by atoms with Crippen LogP contribution in [0.2, 0.25) is 5.02 Å². The number of esters is 1. The summed E-state index contributed by atoms with van der Waals surface area (Å²) in [6.45, 7) is 1.44. The van der Waals surface area contributed by atoms with E-state index >= 15 is 0 Å². The third kappa shape index (κ3) is 5.61. The monoisotopic (exact) mass is 423 g/mol. The van der Waals surface area contributed by atoms with Gasteiger partial charge < -0.3 is 14.8 Å². The summed E-state index contributed by atoms with van der Waals surface area (Å²) < 4.78 is 10.3. The zero-order chi connectivity index (χ0) is 21.5. The second-order valence-corrected chi connectivity index (χ2v) is 7.16. The maximum absolute atomic E-state index is 12.2. The molecule has 3 aromatic rings. The fourth-order valence-electron chi connectivity index (χ4n) is 2.93. The van der Waals surface area contributed by atoms with Crippen molar-refractivity contribution in [2.45, 2.75) is 13.3 Å². The number of nitrogens with one attached hydrogen (secondary N) is 1. The van der Waals surface area contributed by atoms with E-state index < -0.39 is 11.9 Å². The summed E-state index contributed by atoms with van der Waals surface area (Å²) in [6, 6.07) is 21.0. The zero-order valence-corrected chi connectivity index (χ0v) is 17.5. The predicted molar refractivity (Wildman–Crippen MR) is 118 cm³/mol. The smallest absolute Gasteiger partial charge is 0.310 e. The summed E-state index contributed by atoms with van der Waals surface area (Å²) in [5.41, 5.74) is 4.26. The lowest BCUT2D eigenvalue weighted by molar-refractivity contribution is -0.146. The second kappa shape index (κ2) is 9.94. The molecule has 0 aromatic heterocycles. The molecule has 0 atom stereocenters. The number of amides is 1. The third-order valence-corrected chi connectivity index (χ3v) is 4.94. The van der Waals surface area contributed by atoms with Crippen LogP contribution in [-0.2, 0) is 20.7 Å². The molecular weight excluding hydrogens is 402 g/mol. The van der Waals surface area contributed by atoms with Crippen LogP contribution in [0.3, 0.4) is 0 Å². The molecular formula is C24H22ClNO4. The van der Waals surface area contributed by atoms with E-state index in [0.717, 1.165) is 22.3 Å². The summed E-state index contributed by atoms with van der Waals surface area (Å²) >= 11 is 6.06. The molecule has 154 valence electrons. The zero-order valence-electron chi connectivity index (χ0n) is 16.8. The van der Waals surface area contributed by atoms with Crippen LogP contribution in [0.4, 0.5) is 5.69 Å². The lowest BCUT2D eigenvalue weighted by Gasteiger charge is -2.12. The molecule has 0 aliphatic heterocycles. The second-order valence-electron chi connectivity index (χ2n) is 6.75. The van der Waals surface area contributed by atoms with Gasteiger partial charge in [0.1, 0.15) is 5.75 Å². The Balaban J connectivity index is 1.52. The molecule has 30 heavy (non-hydrogen) atoms. The Morgan fingerprint density at radius 3 is 2.30 bits per heavy atom. The van der Waals surface area contributed by atoms with Gasteiger partial charge in [0.2, 0.25) is 0 Å². The third-order valence-electron chi connectivity index (χ3n) is 4.53. The van der Waals surface area contributed by atoms with Crippen molar-refractivity contribution < 1.29 is 19.1 Å². The summed E-state index contributed by atoms with van der Waals surface area (Å²) in [6.07, 6.45) is 0.0890. The van der Waals surface area contributed by atoms with Crippen LogP contribution in [0, 0.1) is 6.92 Å². The molecule has 0 heterocycles. The van der Waals surface area contributed by atoms with Gasteiger partial charge in [0.15, 0.2) is 6.61 Å². The molecule has 0 saturated heterocycles. The van der Waals surface area contributed by atoms with Gasteiger partial charge in [-0.2, -0.15) is 0 Å². The van der Waals surface area contributed by atoms with E-state index in [0.29, 0.717) is 16.5 Å². The molecule has 0 spiro atoms. The standard InChI is InChI=1S/C24H22ClNO4/c1-16-12-21(22(29-2)14-20(16)25)26-23(27)15-30-24(28)13-17-8-10-19(11-9-17)18-6-4-3-5-7-18/h3-12,14H,13,15H2,1-2H3,(H,26,27). The minimum absolute atomic E-state index is 0.0890. The molecule has 3 aromatic carbocycles. The molecule has 6 heteroatoms. The Bertz CT molecular complexity index is 1030. The van der Waals surface area contributed by atoms with E-state index in [9.17, 15) is 9.59 Å². The van der Waals surface area contributed by atoms with E-state index in [-0.39, 0.29) is 13.0 Å². The van der Waals surface area contributed by atoms with Gasteiger partial charge in [0.05, 0.1) is 19.2 Å². The Morgan fingerprint density at radius 1 is 0.967 bits per heavy atom. The fraction of sp³-hybridized carbons (Fsp3) is 0.167. The van der Waals surface area contributed by atoms with Crippen LogP contribution in [0.5, 0.6) is 5.75 Å². The molecule has 3 rings (SSSR count). The molecule has 0 bridgehead atoms. The molecule has 0 unspecified atom stereocenters. The lowest BCUT2D eigenvalue weighted by Crippen LogP contribution is -2.22. The van der Waals surface area contributed by atoms with E-state index in [4.69, 9.17) is 21.1 Å². The average Bonchev–Trinajstić information content (AvgIpc) is 2.76. The van der Waals surface area contributed by atoms with Gasteiger partial charge in [-0.1, -0.05) is 66.2 Å². The van der Waals surface area contributed by atoms with Crippen molar-refractivity contribution >= 4 is 29.2 Å². The van der Waals surface area contributed by atoms with Gasteiger partial charge in [0.25, 0.3) is 5.91 Å². The fourth-order valence-corrected chi connectivity index (χ4v) is 3.08.